The molecule has 1 amide bonds. The van der Waals surface area contributed by atoms with Gasteiger partial charge >= 0.3 is 0 Å². The first-order chi connectivity index (χ1) is 12.7. The van der Waals surface area contributed by atoms with Crippen LogP contribution in [0.4, 0.5) is 9.52 Å². The zero-order chi connectivity index (χ0) is 17.9. The molecule has 0 aliphatic heterocycles. The van der Waals surface area contributed by atoms with Crippen molar-refractivity contribution in [2.75, 3.05) is 5.32 Å². The Morgan fingerprint density at radius 1 is 0.962 bits per heavy atom. The lowest BCUT2D eigenvalue weighted by Crippen LogP contribution is -2.11. The zero-order valence-electron chi connectivity index (χ0n) is 13.5. The van der Waals surface area contributed by atoms with E-state index in [2.05, 4.69) is 10.3 Å². The molecule has 0 spiro atoms. The summed E-state index contributed by atoms with van der Waals surface area (Å²) < 4.78 is 19.7. The normalized spacial score (nSPS) is 10.7. The van der Waals surface area contributed by atoms with Gasteiger partial charge in [0.25, 0.3) is 5.91 Å². The van der Waals surface area contributed by atoms with Crippen LogP contribution in [0, 0.1) is 5.82 Å². The van der Waals surface area contributed by atoms with Gasteiger partial charge in [0.05, 0.1) is 10.2 Å². The minimum atomic E-state index is -0.329. The molecular formula is C20H13FN2O2S. The molecule has 128 valence electrons. The van der Waals surface area contributed by atoms with Crippen LogP contribution in [0.25, 0.3) is 10.2 Å². The smallest absolute Gasteiger partial charge is 0.257 e. The molecule has 0 bridgehead atoms. The highest BCUT2D eigenvalue weighted by Gasteiger charge is 2.11. The van der Waals surface area contributed by atoms with E-state index in [1.165, 1.54) is 23.5 Å². The van der Waals surface area contributed by atoms with E-state index in [9.17, 15) is 9.18 Å². The van der Waals surface area contributed by atoms with E-state index in [-0.39, 0.29) is 11.7 Å². The minimum Gasteiger partial charge on any atom is -0.457 e. The maximum atomic E-state index is 13.3. The lowest BCUT2D eigenvalue weighted by molar-refractivity contribution is 0.102. The Morgan fingerprint density at radius 2 is 1.77 bits per heavy atom. The molecule has 4 rings (SSSR count). The minimum absolute atomic E-state index is 0.303. The number of hydrogen-bond donors (Lipinski definition) is 1. The molecule has 3 aromatic carbocycles. The Balaban J connectivity index is 1.53. The van der Waals surface area contributed by atoms with E-state index >= 15 is 0 Å². The van der Waals surface area contributed by atoms with Crippen LogP contribution in [0.2, 0.25) is 0 Å². The molecule has 1 N–H and O–H groups in total. The molecule has 1 aromatic heterocycles. The molecule has 1 heterocycles. The topological polar surface area (TPSA) is 51.2 Å². The number of carbonyl (C=O) groups is 1. The van der Waals surface area contributed by atoms with Gasteiger partial charge in [-0.25, -0.2) is 9.37 Å². The summed E-state index contributed by atoms with van der Waals surface area (Å²) in [5, 5.41) is 3.17. The Bertz CT molecular complexity index is 1080. The van der Waals surface area contributed by atoms with E-state index in [0.29, 0.717) is 32.4 Å². The van der Waals surface area contributed by atoms with Gasteiger partial charge in [0, 0.05) is 5.56 Å². The number of halogens is 1. The SMILES string of the molecule is O=C(Nc1nc2ccc(F)cc2s1)c1cccc(Oc2ccccc2)c1. The van der Waals surface area contributed by atoms with Gasteiger partial charge in [-0.3, -0.25) is 10.1 Å². The highest BCUT2D eigenvalue weighted by atomic mass is 32.1. The number of rotatable bonds is 4. The van der Waals surface area contributed by atoms with Crippen molar-refractivity contribution in [2.45, 2.75) is 0 Å². The van der Waals surface area contributed by atoms with Crippen molar-refractivity contribution in [3.63, 3.8) is 0 Å². The molecule has 0 atom stereocenters. The number of aromatic nitrogens is 1. The summed E-state index contributed by atoms with van der Waals surface area (Å²) in [4.78, 5) is 16.8. The lowest BCUT2D eigenvalue weighted by atomic mass is 10.2. The number of nitrogens with one attached hydrogen (secondary N) is 1. The second-order valence-corrected chi connectivity index (χ2v) is 6.56. The molecule has 0 aliphatic rings. The first kappa shape index (κ1) is 16.2. The number of anilines is 1. The fourth-order valence-corrected chi connectivity index (χ4v) is 3.33. The van der Waals surface area contributed by atoms with Crippen LogP contribution in [-0.4, -0.2) is 10.9 Å². The molecule has 4 nitrogen and oxygen atoms in total. The second-order valence-electron chi connectivity index (χ2n) is 5.53. The van der Waals surface area contributed by atoms with Crippen LogP contribution >= 0.6 is 11.3 Å². The predicted octanol–water partition coefficient (Wildman–Crippen LogP) is 5.48. The van der Waals surface area contributed by atoms with Crippen LogP contribution < -0.4 is 10.1 Å². The summed E-state index contributed by atoms with van der Waals surface area (Å²) in [5.74, 6) is 0.626. The van der Waals surface area contributed by atoms with Crippen LogP contribution in [0.1, 0.15) is 10.4 Å². The summed E-state index contributed by atoms with van der Waals surface area (Å²) in [6.45, 7) is 0. The number of thiazole rings is 1. The highest BCUT2D eigenvalue weighted by molar-refractivity contribution is 7.22. The lowest BCUT2D eigenvalue weighted by Gasteiger charge is -2.07. The van der Waals surface area contributed by atoms with E-state index in [1.807, 2.05) is 30.3 Å². The monoisotopic (exact) mass is 364 g/mol. The summed E-state index contributed by atoms with van der Waals surface area (Å²) in [6, 6.07) is 20.6. The number of amides is 1. The van der Waals surface area contributed by atoms with Gasteiger partial charge < -0.3 is 4.74 Å². The van der Waals surface area contributed by atoms with E-state index in [1.54, 1.807) is 30.3 Å². The number of ether oxygens (including phenoxy) is 1. The summed E-state index contributed by atoms with van der Waals surface area (Å²) >= 11 is 1.23. The van der Waals surface area contributed by atoms with E-state index < -0.39 is 0 Å². The van der Waals surface area contributed by atoms with Crippen molar-refractivity contribution >= 4 is 32.6 Å². The standard InChI is InChI=1S/C20H13FN2O2S/c21-14-9-10-17-18(12-14)26-20(22-17)23-19(24)13-5-4-8-16(11-13)25-15-6-2-1-3-7-15/h1-12H,(H,22,23,24). The number of para-hydroxylation sites is 1. The average molecular weight is 364 g/mol. The summed E-state index contributed by atoms with van der Waals surface area (Å²) in [7, 11) is 0. The third-order valence-corrected chi connectivity index (χ3v) is 4.58. The predicted molar refractivity (Wildman–Crippen MR) is 100 cm³/mol. The van der Waals surface area contributed by atoms with Gasteiger partial charge in [0.1, 0.15) is 17.3 Å². The molecule has 0 saturated carbocycles. The largest absolute Gasteiger partial charge is 0.457 e. The zero-order valence-corrected chi connectivity index (χ0v) is 14.3. The molecule has 6 heteroatoms. The van der Waals surface area contributed by atoms with Crippen molar-refractivity contribution in [1.82, 2.24) is 4.98 Å². The van der Waals surface area contributed by atoms with Gasteiger partial charge in [0.15, 0.2) is 5.13 Å². The fourth-order valence-electron chi connectivity index (χ4n) is 2.45. The molecule has 0 aliphatic carbocycles. The van der Waals surface area contributed by atoms with Crippen molar-refractivity contribution in [3.05, 3.63) is 84.2 Å². The number of nitrogens with zero attached hydrogens (tertiary/aromatic N) is 1. The Kier molecular flexibility index (Phi) is 4.33. The fraction of sp³-hybridized carbons (Fsp3) is 0. The number of fused-ring (bicyclic) bond motifs is 1. The van der Waals surface area contributed by atoms with Crippen molar-refractivity contribution in [3.8, 4) is 11.5 Å². The van der Waals surface area contributed by atoms with Crippen molar-refractivity contribution in [2.24, 2.45) is 0 Å². The second kappa shape index (κ2) is 6.93. The van der Waals surface area contributed by atoms with Crippen LogP contribution in [0.5, 0.6) is 11.5 Å². The maximum absolute atomic E-state index is 13.3. The maximum Gasteiger partial charge on any atom is 0.257 e. The van der Waals surface area contributed by atoms with Crippen molar-refractivity contribution in [1.29, 1.82) is 0 Å². The Hall–Kier alpha value is -3.25. The third-order valence-electron chi connectivity index (χ3n) is 3.65. The van der Waals surface area contributed by atoms with Crippen LogP contribution in [-0.2, 0) is 0 Å². The van der Waals surface area contributed by atoms with Gasteiger partial charge in [-0.1, -0.05) is 35.6 Å². The molecular weight excluding hydrogens is 351 g/mol. The molecule has 4 aromatic rings. The summed E-state index contributed by atoms with van der Waals surface area (Å²) in [6.07, 6.45) is 0. The highest BCUT2D eigenvalue weighted by Crippen LogP contribution is 2.27. The van der Waals surface area contributed by atoms with Gasteiger partial charge in [-0.2, -0.15) is 0 Å². The molecule has 0 saturated heterocycles. The van der Waals surface area contributed by atoms with Gasteiger partial charge in [0.2, 0.25) is 0 Å². The van der Waals surface area contributed by atoms with Gasteiger partial charge in [-0.05, 0) is 48.5 Å². The first-order valence-electron chi connectivity index (χ1n) is 7.88. The third kappa shape index (κ3) is 3.55. The molecule has 0 fully saturated rings. The van der Waals surface area contributed by atoms with E-state index in [4.69, 9.17) is 4.74 Å². The average Bonchev–Trinajstić information content (AvgIpc) is 3.04. The Morgan fingerprint density at radius 3 is 2.62 bits per heavy atom. The number of hydrogen-bond acceptors (Lipinski definition) is 4. The molecule has 26 heavy (non-hydrogen) atoms. The first-order valence-corrected chi connectivity index (χ1v) is 8.69. The van der Waals surface area contributed by atoms with Crippen LogP contribution in [0.15, 0.2) is 72.8 Å². The van der Waals surface area contributed by atoms with Crippen molar-refractivity contribution < 1.29 is 13.9 Å². The number of carbonyl (C=O) groups excluding carboxylic acids is 1. The Labute approximate surface area is 152 Å². The number of benzene rings is 3. The molecule has 0 unspecified atom stereocenters. The van der Waals surface area contributed by atoms with Gasteiger partial charge in [-0.15, -0.1) is 0 Å². The van der Waals surface area contributed by atoms with E-state index in [0.717, 1.165) is 0 Å². The quantitative estimate of drug-likeness (QED) is 0.522. The van der Waals surface area contributed by atoms with Crippen LogP contribution in [0.3, 0.4) is 0 Å². The molecule has 0 radical (unpaired) electrons. The summed E-state index contributed by atoms with van der Waals surface area (Å²) in [5.41, 5.74) is 1.09.